The lowest BCUT2D eigenvalue weighted by Gasteiger charge is -2.05. The Morgan fingerprint density at radius 2 is 2.20 bits per heavy atom. The van der Waals surface area contributed by atoms with E-state index in [4.69, 9.17) is 4.74 Å². The predicted octanol–water partition coefficient (Wildman–Crippen LogP) is 2.24. The first kappa shape index (κ1) is 11.3. The SMILES string of the molecule is COc1cc(C(F)F)c([N+](=O)[O-])nc1C. The Morgan fingerprint density at radius 1 is 1.60 bits per heavy atom. The van der Waals surface area contributed by atoms with E-state index in [-0.39, 0.29) is 11.4 Å². The number of nitro groups is 1. The van der Waals surface area contributed by atoms with Gasteiger partial charge in [0.1, 0.15) is 5.56 Å². The van der Waals surface area contributed by atoms with Crippen LogP contribution in [0.4, 0.5) is 14.6 Å². The van der Waals surface area contributed by atoms with Gasteiger partial charge in [0.2, 0.25) is 0 Å². The number of halogens is 2. The van der Waals surface area contributed by atoms with Crippen molar-refractivity contribution in [3.05, 3.63) is 27.4 Å². The summed E-state index contributed by atoms with van der Waals surface area (Å²) in [7, 11) is 1.28. The van der Waals surface area contributed by atoms with Gasteiger partial charge in [0.25, 0.3) is 6.43 Å². The summed E-state index contributed by atoms with van der Waals surface area (Å²) < 4.78 is 29.6. The second-order valence-corrected chi connectivity index (χ2v) is 2.75. The van der Waals surface area contributed by atoms with Gasteiger partial charge >= 0.3 is 5.82 Å². The lowest BCUT2D eigenvalue weighted by Crippen LogP contribution is -2.02. The molecule has 0 aliphatic rings. The molecule has 0 N–H and O–H groups in total. The van der Waals surface area contributed by atoms with Crippen LogP contribution in [0.15, 0.2) is 6.07 Å². The van der Waals surface area contributed by atoms with E-state index in [9.17, 15) is 18.9 Å². The van der Waals surface area contributed by atoms with Gasteiger partial charge in [-0.2, -0.15) is 0 Å². The fourth-order valence-corrected chi connectivity index (χ4v) is 1.10. The molecule has 7 heteroatoms. The summed E-state index contributed by atoms with van der Waals surface area (Å²) in [6.45, 7) is 1.45. The van der Waals surface area contributed by atoms with Crippen LogP contribution in [0.25, 0.3) is 0 Å². The van der Waals surface area contributed by atoms with Crippen LogP contribution >= 0.6 is 0 Å². The third-order valence-electron chi connectivity index (χ3n) is 1.80. The Hall–Kier alpha value is -1.79. The second-order valence-electron chi connectivity index (χ2n) is 2.75. The highest BCUT2D eigenvalue weighted by molar-refractivity contribution is 5.42. The van der Waals surface area contributed by atoms with Gasteiger partial charge in [-0.15, -0.1) is 0 Å². The Bertz CT molecular complexity index is 396. The number of alkyl halides is 2. The van der Waals surface area contributed by atoms with Crippen molar-refractivity contribution in [2.45, 2.75) is 13.3 Å². The number of aryl methyl sites for hydroxylation is 1. The molecule has 0 amide bonds. The molecule has 0 bridgehead atoms. The van der Waals surface area contributed by atoms with Crippen molar-refractivity contribution in [2.24, 2.45) is 0 Å². The maximum atomic E-state index is 12.4. The normalized spacial score (nSPS) is 10.5. The maximum absolute atomic E-state index is 12.4. The number of aromatic nitrogens is 1. The molecule has 0 aliphatic heterocycles. The number of nitrogens with zero attached hydrogens (tertiary/aromatic N) is 2. The van der Waals surface area contributed by atoms with Crippen molar-refractivity contribution < 1.29 is 18.4 Å². The highest BCUT2D eigenvalue weighted by atomic mass is 19.3. The Morgan fingerprint density at radius 3 is 2.60 bits per heavy atom. The minimum absolute atomic E-state index is 0.107. The first-order chi connectivity index (χ1) is 6.97. The van der Waals surface area contributed by atoms with Crippen LogP contribution in [0.5, 0.6) is 5.75 Å². The number of methoxy groups -OCH3 is 1. The predicted molar refractivity (Wildman–Crippen MR) is 47.1 cm³/mol. The molecule has 1 rings (SSSR count). The molecule has 82 valence electrons. The number of hydrogen-bond donors (Lipinski definition) is 0. The van der Waals surface area contributed by atoms with Crippen LogP contribution in [-0.4, -0.2) is 17.0 Å². The molecule has 15 heavy (non-hydrogen) atoms. The zero-order valence-corrected chi connectivity index (χ0v) is 8.03. The molecule has 0 spiro atoms. The van der Waals surface area contributed by atoms with Crippen molar-refractivity contribution >= 4 is 5.82 Å². The van der Waals surface area contributed by atoms with E-state index < -0.39 is 22.7 Å². The van der Waals surface area contributed by atoms with Gasteiger partial charge in [-0.05, 0) is 9.91 Å². The molecule has 0 aliphatic carbocycles. The largest absolute Gasteiger partial charge is 0.492 e. The first-order valence-electron chi connectivity index (χ1n) is 3.95. The molecule has 0 atom stereocenters. The highest BCUT2D eigenvalue weighted by Crippen LogP contribution is 2.31. The number of rotatable bonds is 3. The Kier molecular flexibility index (Phi) is 3.13. The fourth-order valence-electron chi connectivity index (χ4n) is 1.10. The van der Waals surface area contributed by atoms with E-state index in [1.54, 1.807) is 0 Å². The van der Waals surface area contributed by atoms with Crippen LogP contribution in [0.3, 0.4) is 0 Å². The zero-order chi connectivity index (χ0) is 11.6. The highest BCUT2D eigenvalue weighted by Gasteiger charge is 2.26. The molecule has 1 aromatic rings. The minimum atomic E-state index is -2.95. The standard InChI is InChI=1S/C8H8F2N2O3/c1-4-6(15-2)3-5(7(9)10)8(11-4)12(13)14/h3,7H,1-2H3. The molecule has 1 aromatic heterocycles. The van der Waals surface area contributed by atoms with Crippen molar-refractivity contribution in [1.29, 1.82) is 0 Å². The minimum Gasteiger partial charge on any atom is -0.492 e. The van der Waals surface area contributed by atoms with E-state index in [1.807, 2.05) is 0 Å². The average molecular weight is 218 g/mol. The summed E-state index contributed by atoms with van der Waals surface area (Å²) in [5.41, 5.74) is -0.531. The van der Waals surface area contributed by atoms with Crippen LogP contribution in [-0.2, 0) is 0 Å². The summed E-state index contributed by atoms with van der Waals surface area (Å²) in [6.07, 6.45) is -2.95. The van der Waals surface area contributed by atoms with Gasteiger partial charge in [0.15, 0.2) is 11.4 Å². The molecular formula is C8H8F2N2O3. The lowest BCUT2D eigenvalue weighted by molar-refractivity contribution is -0.391. The van der Waals surface area contributed by atoms with Gasteiger partial charge in [0, 0.05) is 13.0 Å². The van der Waals surface area contributed by atoms with Gasteiger partial charge in [-0.3, -0.25) is 0 Å². The van der Waals surface area contributed by atoms with Crippen LogP contribution < -0.4 is 4.74 Å². The topological polar surface area (TPSA) is 65.3 Å². The molecule has 5 nitrogen and oxygen atoms in total. The molecule has 1 heterocycles. The average Bonchev–Trinajstić information content (AvgIpc) is 2.16. The van der Waals surface area contributed by atoms with Crippen LogP contribution in [0.1, 0.15) is 17.7 Å². The number of hydrogen-bond acceptors (Lipinski definition) is 4. The van der Waals surface area contributed by atoms with Gasteiger partial charge < -0.3 is 14.9 Å². The van der Waals surface area contributed by atoms with E-state index in [0.29, 0.717) is 0 Å². The Labute approximate surface area is 83.8 Å². The van der Waals surface area contributed by atoms with E-state index in [2.05, 4.69) is 4.98 Å². The molecule has 0 saturated heterocycles. The summed E-state index contributed by atoms with van der Waals surface area (Å²) in [5, 5.41) is 10.4. The third kappa shape index (κ3) is 2.17. The van der Waals surface area contributed by atoms with E-state index in [0.717, 1.165) is 6.07 Å². The van der Waals surface area contributed by atoms with Crippen molar-refractivity contribution in [3.63, 3.8) is 0 Å². The molecule has 0 fully saturated rings. The third-order valence-corrected chi connectivity index (χ3v) is 1.80. The zero-order valence-electron chi connectivity index (χ0n) is 8.03. The van der Waals surface area contributed by atoms with Crippen molar-refractivity contribution in [3.8, 4) is 5.75 Å². The molecular weight excluding hydrogens is 210 g/mol. The Balaban J connectivity index is 3.38. The smallest absolute Gasteiger partial charge is 0.372 e. The molecule has 0 aromatic carbocycles. The van der Waals surface area contributed by atoms with Crippen molar-refractivity contribution in [2.75, 3.05) is 7.11 Å². The molecule has 0 unspecified atom stereocenters. The fraction of sp³-hybridized carbons (Fsp3) is 0.375. The quantitative estimate of drug-likeness (QED) is 0.576. The van der Waals surface area contributed by atoms with Gasteiger partial charge in [0.05, 0.1) is 7.11 Å². The summed E-state index contributed by atoms with van der Waals surface area (Å²) >= 11 is 0. The monoisotopic (exact) mass is 218 g/mol. The van der Waals surface area contributed by atoms with Gasteiger partial charge in [-0.1, -0.05) is 0 Å². The van der Waals surface area contributed by atoms with Crippen LogP contribution in [0.2, 0.25) is 0 Å². The maximum Gasteiger partial charge on any atom is 0.372 e. The number of pyridine rings is 1. The number of ether oxygens (including phenoxy) is 1. The molecule has 0 saturated carbocycles. The molecule has 0 radical (unpaired) electrons. The second kappa shape index (κ2) is 4.16. The summed E-state index contributed by atoms with van der Waals surface area (Å²) in [4.78, 5) is 13.0. The van der Waals surface area contributed by atoms with E-state index >= 15 is 0 Å². The van der Waals surface area contributed by atoms with Crippen LogP contribution in [0, 0.1) is 17.0 Å². The first-order valence-corrected chi connectivity index (χ1v) is 3.95. The van der Waals surface area contributed by atoms with Crippen molar-refractivity contribution in [1.82, 2.24) is 4.98 Å². The summed E-state index contributed by atoms with van der Waals surface area (Å²) in [5.74, 6) is -0.723. The summed E-state index contributed by atoms with van der Waals surface area (Å²) in [6, 6.07) is 0.936. The van der Waals surface area contributed by atoms with E-state index in [1.165, 1.54) is 14.0 Å². The lowest BCUT2D eigenvalue weighted by atomic mass is 10.2. The van der Waals surface area contributed by atoms with Gasteiger partial charge in [-0.25, -0.2) is 8.78 Å².